The molecule has 0 saturated heterocycles. The fraction of sp³-hybridized carbons (Fsp3) is 0.217. The maximum Gasteiger partial charge on any atom is 0.252 e. The minimum absolute atomic E-state index is 0.143. The maximum absolute atomic E-state index is 9.42. The maximum atomic E-state index is 9.42. The highest BCUT2D eigenvalue weighted by Gasteiger charge is 2.46. The van der Waals surface area contributed by atoms with Crippen LogP contribution < -0.4 is 31.1 Å². The highest BCUT2D eigenvalue weighted by Crippen LogP contribution is 2.53. The minimum atomic E-state index is -0.627. The van der Waals surface area contributed by atoms with Crippen molar-refractivity contribution >= 4 is 74.3 Å². The molecule has 1 aliphatic carbocycles. The molecule has 0 bridgehead atoms. The molecule has 12 rings (SSSR count). The van der Waals surface area contributed by atoms with Gasteiger partial charge in [0.05, 0.1) is 19.4 Å². The van der Waals surface area contributed by atoms with Crippen LogP contribution in [0.5, 0.6) is 0 Å². The van der Waals surface area contributed by atoms with Crippen molar-refractivity contribution < 1.29 is 13.7 Å². The zero-order valence-electron chi connectivity index (χ0n) is 53.7. The summed E-state index contributed by atoms with van der Waals surface area (Å²) in [5, 5.41) is 0. The van der Waals surface area contributed by atoms with Gasteiger partial charge >= 0.3 is 0 Å². The van der Waals surface area contributed by atoms with E-state index in [1.807, 2.05) is 12.1 Å². The number of fused-ring (bicyclic) bond motifs is 7. The Kier molecular flexibility index (Phi) is 8.35. The van der Waals surface area contributed by atoms with Crippen molar-refractivity contribution in [2.45, 2.75) is 97.8 Å². The van der Waals surface area contributed by atoms with Crippen molar-refractivity contribution in [1.29, 1.82) is 0 Å². The van der Waals surface area contributed by atoms with Gasteiger partial charge in [-0.05, 0) is 156 Å². The Hall–Kier alpha value is -7.56. The summed E-state index contributed by atoms with van der Waals surface area (Å²) in [4.78, 5) is 6.04. The van der Waals surface area contributed by atoms with E-state index >= 15 is 0 Å². The van der Waals surface area contributed by atoms with Crippen molar-refractivity contribution in [3.05, 3.63) is 228 Å². The lowest BCUT2D eigenvalue weighted by molar-refractivity contribution is 0.590. The van der Waals surface area contributed by atoms with Gasteiger partial charge in [-0.1, -0.05) is 197 Å². The van der Waals surface area contributed by atoms with Crippen LogP contribution in [0, 0.1) is 0 Å². The second kappa shape index (κ2) is 16.8. The summed E-state index contributed by atoms with van der Waals surface area (Å²) >= 11 is 0. The molecule has 2 aliphatic heterocycles. The van der Waals surface area contributed by atoms with Crippen LogP contribution in [0.1, 0.15) is 118 Å². The van der Waals surface area contributed by atoms with Crippen LogP contribution in [0.3, 0.4) is 0 Å². The van der Waals surface area contributed by atoms with E-state index < -0.39 is 67.1 Å². The summed E-state index contributed by atoms with van der Waals surface area (Å²) in [6.07, 6.45) is 0. The van der Waals surface area contributed by atoms with E-state index in [1.54, 1.807) is 6.07 Å². The van der Waals surface area contributed by atoms with Crippen molar-refractivity contribution in [3.8, 4) is 22.3 Å². The summed E-state index contributed by atoms with van der Waals surface area (Å²) in [7, 11) is 0. The van der Waals surface area contributed by atoms with Crippen LogP contribution in [-0.4, -0.2) is 6.71 Å². The highest BCUT2D eigenvalue weighted by atomic mass is 15.2. The van der Waals surface area contributed by atoms with Crippen LogP contribution in [0.4, 0.5) is 51.2 Å². The molecule has 0 saturated carbocycles. The molecule has 0 atom stereocenters. The van der Waals surface area contributed by atoms with Crippen LogP contribution in [0.15, 0.2) is 200 Å². The summed E-state index contributed by atoms with van der Waals surface area (Å²) in [5.41, 5.74) is 17.2. The molecule has 0 spiro atoms. The second-order valence-corrected chi connectivity index (χ2v) is 23.6. The van der Waals surface area contributed by atoms with Gasteiger partial charge in [0.1, 0.15) is 0 Å². The predicted molar refractivity (Wildman–Crippen MR) is 314 cm³/mol. The zero-order valence-corrected chi connectivity index (χ0v) is 43.7. The van der Waals surface area contributed by atoms with E-state index in [2.05, 4.69) is 207 Å². The number of benzene rings is 9. The van der Waals surface area contributed by atoms with E-state index in [4.69, 9.17) is 8.22 Å². The van der Waals surface area contributed by atoms with Crippen LogP contribution in [-0.2, 0) is 21.7 Å². The lowest BCUT2D eigenvalue weighted by Crippen LogP contribution is -2.61. The molecule has 0 amide bonds. The van der Waals surface area contributed by atoms with Gasteiger partial charge in [-0.25, -0.2) is 0 Å². The van der Waals surface area contributed by atoms with Crippen LogP contribution in [0.2, 0.25) is 0 Å². The van der Waals surface area contributed by atoms with Gasteiger partial charge < -0.3 is 14.7 Å². The van der Waals surface area contributed by atoms with E-state index in [9.17, 15) is 5.48 Å². The molecule has 0 aromatic heterocycles. The summed E-state index contributed by atoms with van der Waals surface area (Å²) in [5.74, 6) is 0. The fourth-order valence-electron chi connectivity index (χ4n) is 11.5. The molecule has 2 heterocycles. The molecule has 9 aromatic carbocycles. The average molecular weight is 958 g/mol. The zero-order chi connectivity index (χ0) is 59.5. The first-order valence-corrected chi connectivity index (χ1v) is 25.5. The normalized spacial score (nSPS) is 16.2. The number of nitrogens with zero attached hydrogens (tertiary/aromatic N) is 3. The van der Waals surface area contributed by atoms with Gasteiger partial charge in [-0.3, -0.25) is 0 Å². The van der Waals surface area contributed by atoms with Gasteiger partial charge in [0.2, 0.25) is 0 Å². The number of hydrogen-bond donors (Lipinski definition) is 0. The van der Waals surface area contributed by atoms with Gasteiger partial charge in [0.15, 0.2) is 0 Å². The average Bonchev–Trinajstić information content (AvgIpc) is 1.17. The lowest BCUT2D eigenvalue weighted by atomic mass is 9.33. The van der Waals surface area contributed by atoms with Gasteiger partial charge in [0, 0.05) is 56.5 Å². The van der Waals surface area contributed by atoms with Crippen LogP contribution in [0.25, 0.3) is 22.3 Å². The predicted octanol–water partition coefficient (Wildman–Crippen LogP) is 17.1. The molecule has 0 fully saturated rings. The highest BCUT2D eigenvalue weighted by molar-refractivity contribution is 7.00. The third-order valence-electron chi connectivity index (χ3n) is 15.5. The molecule has 3 nitrogen and oxygen atoms in total. The number of para-hydroxylation sites is 2. The Bertz CT molecular complexity index is 4100. The first kappa shape index (κ1) is 36.4. The third kappa shape index (κ3) is 7.63. The number of rotatable bonds is 6. The van der Waals surface area contributed by atoms with Crippen molar-refractivity contribution in [2.75, 3.05) is 14.7 Å². The molecule has 4 heteroatoms. The van der Waals surface area contributed by atoms with Crippen LogP contribution >= 0.6 is 0 Å². The Morgan fingerprint density at radius 1 is 0.425 bits per heavy atom. The molecule has 9 aromatic rings. The molecule has 0 N–H and O–H groups in total. The van der Waals surface area contributed by atoms with Gasteiger partial charge in [0.25, 0.3) is 6.71 Å². The monoisotopic (exact) mass is 958 g/mol. The van der Waals surface area contributed by atoms with Crippen molar-refractivity contribution in [2.24, 2.45) is 0 Å². The summed E-state index contributed by atoms with van der Waals surface area (Å²) in [6.45, 7) is 24.2. The number of anilines is 9. The van der Waals surface area contributed by atoms with E-state index in [0.717, 1.165) is 78.2 Å². The second-order valence-electron chi connectivity index (χ2n) is 23.6. The molecular weight excluding hydrogens is 882 g/mol. The first-order valence-electron chi connectivity index (χ1n) is 30.5. The first-order chi connectivity index (χ1) is 39.0. The lowest BCUT2D eigenvalue weighted by Gasteiger charge is -2.46. The smallest absolute Gasteiger partial charge is 0.252 e. The Balaban J connectivity index is 1.24. The fourth-order valence-corrected chi connectivity index (χ4v) is 11.5. The SMILES string of the molecule is [2H]c1c([2H])c([2H])c(N(c2ccc3c(c2)N(c2ccc4c(c2)C(C)(C)c2ccccc2-4)c2cc(C(C)(C)C)cc4c2B3c2cc(C(C)(C)C)ccc2N4c2ccc(C(C)(C)C)cc2-c2ccccc2)c2c([2H])c([2H])c([2H])c([2H])c2[2H])c([2H])c1[2H]. The van der Waals surface area contributed by atoms with Crippen molar-refractivity contribution in [3.63, 3.8) is 0 Å². The van der Waals surface area contributed by atoms with E-state index in [0.29, 0.717) is 5.69 Å². The standard InChI is InChI=1S/C69H66BN3/c1-66(2,3)46-31-37-60(55(39-46)45-23-15-12-16-24-45)73-61-38-32-47(67(4,5)6)40-59(61)70-58-36-34-52(71(49-25-17-13-18-26-49)50-27-19-14-20-28-50)44-62(58)72(63-41-48(68(7,8)9)42-64(73)65(63)70)51-33-35-54-53-29-21-22-30-56(53)69(10,11)57(54)43-51/h12-44H,1-11H3/i13D,14D,17D,18D,19D,20D,25D,26D,27D,28D. The molecule has 0 radical (unpaired) electrons. The number of hydrogen-bond acceptors (Lipinski definition) is 3. The Morgan fingerprint density at radius 2 is 1.00 bits per heavy atom. The summed E-state index contributed by atoms with van der Waals surface area (Å²) < 4.78 is 90.6. The molecule has 360 valence electrons. The third-order valence-corrected chi connectivity index (χ3v) is 15.5. The molecule has 0 unspecified atom stereocenters. The molecule has 3 aliphatic rings. The molecule has 73 heavy (non-hydrogen) atoms. The topological polar surface area (TPSA) is 9.72 Å². The van der Waals surface area contributed by atoms with Crippen molar-refractivity contribution in [1.82, 2.24) is 0 Å². The quantitative estimate of drug-likeness (QED) is 0.154. The van der Waals surface area contributed by atoms with Gasteiger partial charge in [-0.15, -0.1) is 0 Å². The largest absolute Gasteiger partial charge is 0.311 e. The van der Waals surface area contributed by atoms with E-state index in [1.165, 1.54) is 21.6 Å². The minimum Gasteiger partial charge on any atom is -0.311 e. The van der Waals surface area contributed by atoms with Gasteiger partial charge in [-0.2, -0.15) is 0 Å². The van der Waals surface area contributed by atoms with E-state index in [-0.39, 0.29) is 38.7 Å². The Morgan fingerprint density at radius 3 is 1.64 bits per heavy atom. The molecular formula is C69H66BN3. The summed E-state index contributed by atoms with van der Waals surface area (Å²) in [6, 6.07) is 43.9. The Labute approximate surface area is 448 Å².